The number of amides is 1. The predicted octanol–water partition coefficient (Wildman–Crippen LogP) is 6.25. The number of hydrogen-bond donors (Lipinski definition) is 2. The van der Waals surface area contributed by atoms with Gasteiger partial charge in [0, 0.05) is 33.6 Å². The molecule has 150 valence electrons. The fourth-order valence-corrected chi connectivity index (χ4v) is 3.30. The summed E-state index contributed by atoms with van der Waals surface area (Å²) < 4.78 is 0. The number of pyridine rings is 1. The number of rotatable bonds is 8. The molecule has 3 rings (SSSR count). The van der Waals surface area contributed by atoms with Crippen molar-refractivity contribution in [3.63, 3.8) is 0 Å². The Labute approximate surface area is 176 Å². The van der Waals surface area contributed by atoms with Crippen molar-refractivity contribution in [2.45, 2.75) is 39.0 Å². The lowest BCUT2D eigenvalue weighted by Gasteiger charge is -2.09. The topological polar surface area (TPSA) is 68.0 Å². The third kappa shape index (κ3) is 6.06. The van der Waals surface area contributed by atoms with Crippen molar-refractivity contribution in [3.05, 3.63) is 70.9 Å². The lowest BCUT2D eigenvalue weighted by molar-refractivity contribution is -0.111. The molecule has 0 aliphatic heterocycles. The predicted molar refractivity (Wildman–Crippen MR) is 123 cm³/mol. The SMILES string of the molecule is CCCCCCc1cc(N)c2cc(NC(=O)/C=C/c3ccc(Cl)cc3)ccc2n1. The number of nitrogens with two attached hydrogens (primary N) is 1. The zero-order chi connectivity index (χ0) is 20.6. The molecule has 0 aliphatic rings. The van der Waals surface area contributed by atoms with E-state index in [2.05, 4.69) is 12.2 Å². The van der Waals surface area contributed by atoms with Gasteiger partial charge in [-0.3, -0.25) is 9.78 Å². The average molecular weight is 408 g/mol. The van der Waals surface area contributed by atoms with Gasteiger partial charge in [-0.15, -0.1) is 0 Å². The van der Waals surface area contributed by atoms with Gasteiger partial charge in [-0.25, -0.2) is 0 Å². The number of anilines is 2. The Morgan fingerprint density at radius 1 is 1.10 bits per heavy atom. The summed E-state index contributed by atoms with van der Waals surface area (Å²) in [6.45, 7) is 2.20. The zero-order valence-electron chi connectivity index (χ0n) is 16.6. The molecule has 0 saturated carbocycles. The lowest BCUT2D eigenvalue weighted by atomic mass is 10.1. The molecule has 29 heavy (non-hydrogen) atoms. The molecule has 0 atom stereocenters. The summed E-state index contributed by atoms with van der Waals surface area (Å²) in [5.74, 6) is -0.210. The Morgan fingerprint density at radius 2 is 1.90 bits per heavy atom. The number of benzene rings is 2. The van der Waals surface area contributed by atoms with Crippen LogP contribution in [0.1, 0.15) is 43.9 Å². The maximum atomic E-state index is 12.2. The van der Waals surface area contributed by atoms with Crippen LogP contribution in [0.4, 0.5) is 11.4 Å². The van der Waals surface area contributed by atoms with Crippen LogP contribution in [-0.4, -0.2) is 10.9 Å². The van der Waals surface area contributed by atoms with Gasteiger partial charge in [-0.2, -0.15) is 0 Å². The van der Waals surface area contributed by atoms with E-state index in [-0.39, 0.29) is 5.91 Å². The van der Waals surface area contributed by atoms with Crippen LogP contribution in [0.3, 0.4) is 0 Å². The number of aryl methyl sites for hydroxylation is 1. The number of unbranched alkanes of at least 4 members (excludes halogenated alkanes) is 3. The Bertz CT molecular complexity index is 1010. The van der Waals surface area contributed by atoms with Crippen molar-refractivity contribution in [1.29, 1.82) is 0 Å². The van der Waals surface area contributed by atoms with Gasteiger partial charge in [-0.05, 0) is 60.9 Å². The van der Waals surface area contributed by atoms with Crippen LogP contribution in [0.2, 0.25) is 5.02 Å². The third-order valence-corrected chi connectivity index (χ3v) is 5.00. The maximum Gasteiger partial charge on any atom is 0.248 e. The fourth-order valence-electron chi connectivity index (χ4n) is 3.18. The Hall–Kier alpha value is -2.85. The monoisotopic (exact) mass is 407 g/mol. The summed E-state index contributed by atoms with van der Waals surface area (Å²) in [4.78, 5) is 16.9. The molecule has 3 N–H and O–H groups in total. The van der Waals surface area contributed by atoms with Crippen molar-refractivity contribution >= 4 is 45.9 Å². The molecule has 0 spiro atoms. The first kappa shape index (κ1) is 20.9. The number of aromatic nitrogens is 1. The first-order valence-electron chi connectivity index (χ1n) is 9.99. The van der Waals surface area contributed by atoms with Crippen molar-refractivity contribution in [3.8, 4) is 0 Å². The molecule has 0 fully saturated rings. The Balaban J connectivity index is 1.67. The van der Waals surface area contributed by atoms with Crippen LogP contribution >= 0.6 is 11.6 Å². The number of carbonyl (C=O) groups excluding carboxylic acids is 1. The molecule has 4 nitrogen and oxygen atoms in total. The first-order valence-corrected chi connectivity index (χ1v) is 10.4. The minimum Gasteiger partial charge on any atom is -0.398 e. The van der Waals surface area contributed by atoms with Crippen molar-refractivity contribution < 1.29 is 4.79 Å². The van der Waals surface area contributed by atoms with Crippen LogP contribution in [0.25, 0.3) is 17.0 Å². The highest BCUT2D eigenvalue weighted by atomic mass is 35.5. The molecule has 1 amide bonds. The second-order valence-corrected chi connectivity index (χ2v) is 7.56. The highest BCUT2D eigenvalue weighted by Gasteiger charge is 2.06. The summed E-state index contributed by atoms with van der Waals surface area (Å²) in [5, 5.41) is 4.38. The molecule has 0 aliphatic carbocycles. The molecule has 1 heterocycles. The van der Waals surface area contributed by atoms with Gasteiger partial charge in [0.2, 0.25) is 5.91 Å². The van der Waals surface area contributed by atoms with Crippen molar-refractivity contribution in [2.75, 3.05) is 11.1 Å². The van der Waals surface area contributed by atoms with Crippen LogP contribution in [0, 0.1) is 0 Å². The van der Waals surface area contributed by atoms with Gasteiger partial charge >= 0.3 is 0 Å². The molecular formula is C24H26ClN3O. The quantitative estimate of drug-likeness (QED) is 0.342. The Kier molecular flexibility index (Phi) is 7.25. The highest BCUT2D eigenvalue weighted by molar-refractivity contribution is 6.30. The highest BCUT2D eigenvalue weighted by Crippen LogP contribution is 2.25. The van der Waals surface area contributed by atoms with Gasteiger partial charge in [0.05, 0.1) is 5.52 Å². The fraction of sp³-hybridized carbons (Fsp3) is 0.250. The molecule has 5 heteroatoms. The van der Waals surface area contributed by atoms with E-state index in [1.807, 2.05) is 36.4 Å². The number of nitrogen functional groups attached to an aromatic ring is 1. The van der Waals surface area contributed by atoms with E-state index in [1.54, 1.807) is 18.2 Å². The van der Waals surface area contributed by atoms with Crippen LogP contribution in [0.15, 0.2) is 54.6 Å². The summed E-state index contributed by atoms with van der Waals surface area (Å²) in [7, 11) is 0. The van der Waals surface area contributed by atoms with Gasteiger partial charge in [0.15, 0.2) is 0 Å². The number of fused-ring (bicyclic) bond motifs is 1. The van der Waals surface area contributed by atoms with Gasteiger partial charge in [0.25, 0.3) is 0 Å². The Morgan fingerprint density at radius 3 is 2.66 bits per heavy atom. The second-order valence-electron chi connectivity index (χ2n) is 7.12. The molecule has 1 aromatic heterocycles. The minimum absolute atomic E-state index is 0.210. The van der Waals surface area contributed by atoms with Gasteiger partial charge < -0.3 is 11.1 Å². The standard InChI is InChI=1S/C24H26ClN3O/c1-2-3-4-5-6-19-16-22(26)21-15-20(12-13-23(21)27-19)28-24(29)14-9-17-7-10-18(25)11-8-17/h7-16H,2-6H2,1H3,(H2,26,27)(H,28,29)/b14-9+. The first-order chi connectivity index (χ1) is 14.0. The smallest absolute Gasteiger partial charge is 0.248 e. The molecule has 0 bridgehead atoms. The van der Waals surface area contributed by atoms with Crippen LogP contribution < -0.4 is 11.1 Å². The maximum absolute atomic E-state index is 12.2. The average Bonchev–Trinajstić information content (AvgIpc) is 2.71. The van der Waals surface area contributed by atoms with Gasteiger partial charge in [0.1, 0.15) is 0 Å². The number of nitrogens with one attached hydrogen (secondary N) is 1. The number of halogens is 1. The van der Waals surface area contributed by atoms with Crippen LogP contribution in [-0.2, 0) is 11.2 Å². The van der Waals surface area contributed by atoms with E-state index in [0.29, 0.717) is 16.4 Å². The third-order valence-electron chi connectivity index (χ3n) is 4.74. The normalized spacial score (nSPS) is 11.2. The summed E-state index contributed by atoms with van der Waals surface area (Å²) in [6.07, 6.45) is 8.98. The van der Waals surface area contributed by atoms with E-state index in [0.717, 1.165) is 35.0 Å². The van der Waals surface area contributed by atoms with Crippen molar-refractivity contribution in [1.82, 2.24) is 4.98 Å². The molecule has 2 aromatic carbocycles. The van der Waals surface area contributed by atoms with Gasteiger partial charge in [-0.1, -0.05) is 49.9 Å². The van der Waals surface area contributed by atoms with E-state index in [4.69, 9.17) is 22.3 Å². The molecule has 0 unspecified atom stereocenters. The van der Waals surface area contributed by atoms with Crippen LogP contribution in [0.5, 0.6) is 0 Å². The summed E-state index contributed by atoms with van der Waals surface area (Å²) in [6, 6.07) is 14.9. The zero-order valence-corrected chi connectivity index (χ0v) is 17.4. The second kappa shape index (κ2) is 10.1. The molecule has 3 aromatic rings. The largest absolute Gasteiger partial charge is 0.398 e. The molecule has 0 saturated heterocycles. The van der Waals surface area contributed by atoms with E-state index in [9.17, 15) is 4.79 Å². The van der Waals surface area contributed by atoms with E-state index >= 15 is 0 Å². The lowest BCUT2D eigenvalue weighted by Crippen LogP contribution is -2.08. The summed E-state index contributed by atoms with van der Waals surface area (Å²) in [5.41, 5.74) is 10.4. The van der Waals surface area contributed by atoms with E-state index in [1.165, 1.54) is 25.3 Å². The summed E-state index contributed by atoms with van der Waals surface area (Å²) >= 11 is 5.87. The van der Waals surface area contributed by atoms with Crippen molar-refractivity contribution in [2.24, 2.45) is 0 Å². The molecular weight excluding hydrogens is 382 g/mol. The minimum atomic E-state index is -0.210. The number of carbonyl (C=O) groups is 1. The number of nitrogens with zero attached hydrogens (tertiary/aromatic N) is 1. The molecule has 0 radical (unpaired) electrons. The number of hydrogen-bond acceptors (Lipinski definition) is 3. The van der Waals surface area contributed by atoms with E-state index < -0.39 is 0 Å².